The maximum Gasteiger partial charge on any atom is 0.0676 e. The van der Waals surface area contributed by atoms with Crippen LogP contribution in [0.5, 0.6) is 0 Å². The predicted molar refractivity (Wildman–Crippen MR) is 135 cm³/mol. The molecular formula is C32H26. The monoisotopic (exact) mass is 410 g/mol. The topological polar surface area (TPSA) is 0 Å². The maximum atomic E-state index is 2.42. The third-order valence-electron chi connectivity index (χ3n) is 7.10. The van der Waals surface area contributed by atoms with E-state index in [0.29, 0.717) is 0 Å². The van der Waals surface area contributed by atoms with E-state index in [0.717, 1.165) is 12.8 Å². The van der Waals surface area contributed by atoms with E-state index in [1.165, 1.54) is 50.1 Å². The Morgan fingerprint density at radius 2 is 1.34 bits per heavy atom. The molecule has 0 heteroatoms. The molecule has 2 aliphatic rings. The van der Waals surface area contributed by atoms with Crippen LogP contribution in [0, 0.1) is 6.92 Å². The van der Waals surface area contributed by atoms with E-state index in [1.807, 2.05) is 0 Å². The lowest BCUT2D eigenvalue weighted by Gasteiger charge is -2.36. The van der Waals surface area contributed by atoms with Crippen LogP contribution in [-0.4, -0.2) is 0 Å². The lowest BCUT2D eigenvalue weighted by Crippen LogP contribution is -2.30. The Hall–Kier alpha value is -3.64. The number of fused-ring (bicyclic) bond motifs is 2. The number of allylic oxidation sites excluding steroid dienone is 4. The summed E-state index contributed by atoms with van der Waals surface area (Å²) in [6, 6.07) is 38.1. The second-order valence-corrected chi connectivity index (χ2v) is 8.95. The number of aryl methyl sites for hydroxylation is 1. The van der Waals surface area contributed by atoms with E-state index in [4.69, 9.17) is 0 Å². The highest BCUT2D eigenvalue weighted by molar-refractivity contribution is 5.92. The summed E-state index contributed by atoms with van der Waals surface area (Å²) in [4.78, 5) is 0. The highest BCUT2D eigenvalue weighted by Crippen LogP contribution is 2.57. The number of hydrogen-bond donors (Lipinski definition) is 0. The van der Waals surface area contributed by atoms with Gasteiger partial charge in [-0.25, -0.2) is 0 Å². The van der Waals surface area contributed by atoms with Crippen molar-refractivity contribution in [1.29, 1.82) is 0 Å². The first kappa shape index (κ1) is 19.1. The van der Waals surface area contributed by atoms with Gasteiger partial charge in [0.1, 0.15) is 0 Å². The normalized spacial score (nSPS) is 16.0. The molecule has 0 aromatic heterocycles. The van der Waals surface area contributed by atoms with Gasteiger partial charge in [-0.05, 0) is 70.4 Å². The highest BCUT2D eigenvalue weighted by Gasteiger charge is 2.47. The fourth-order valence-electron chi connectivity index (χ4n) is 5.77. The number of rotatable bonds is 3. The lowest BCUT2D eigenvalue weighted by atomic mass is 9.65. The Morgan fingerprint density at radius 1 is 0.656 bits per heavy atom. The summed E-state index contributed by atoms with van der Waals surface area (Å²) < 4.78 is 0. The van der Waals surface area contributed by atoms with E-state index < -0.39 is 0 Å². The summed E-state index contributed by atoms with van der Waals surface area (Å²) in [6.07, 6.45) is 6.89. The first-order valence-corrected chi connectivity index (χ1v) is 11.5. The van der Waals surface area contributed by atoms with E-state index >= 15 is 0 Å². The summed E-state index contributed by atoms with van der Waals surface area (Å²) >= 11 is 0. The van der Waals surface area contributed by atoms with Gasteiger partial charge in [0.25, 0.3) is 0 Å². The van der Waals surface area contributed by atoms with Gasteiger partial charge in [-0.3, -0.25) is 0 Å². The third kappa shape index (κ3) is 2.76. The number of benzene rings is 4. The average molecular weight is 411 g/mol. The van der Waals surface area contributed by atoms with Crippen LogP contribution in [0.3, 0.4) is 0 Å². The van der Waals surface area contributed by atoms with Gasteiger partial charge >= 0.3 is 0 Å². The van der Waals surface area contributed by atoms with Gasteiger partial charge in [-0.1, -0.05) is 115 Å². The van der Waals surface area contributed by atoms with Crippen molar-refractivity contribution in [2.24, 2.45) is 0 Å². The molecule has 0 atom stereocenters. The predicted octanol–water partition coefficient (Wildman–Crippen LogP) is 8.11. The second-order valence-electron chi connectivity index (χ2n) is 8.95. The quantitative estimate of drug-likeness (QED) is 0.320. The fraction of sp³-hybridized carbons (Fsp3) is 0.125. The molecule has 4 aromatic rings. The van der Waals surface area contributed by atoms with Gasteiger partial charge in [0, 0.05) is 0 Å². The van der Waals surface area contributed by atoms with E-state index in [-0.39, 0.29) is 5.41 Å². The van der Waals surface area contributed by atoms with Crippen LogP contribution in [0.25, 0.3) is 16.7 Å². The molecule has 0 saturated heterocycles. The summed E-state index contributed by atoms with van der Waals surface area (Å²) in [6.45, 7) is 2.16. The summed E-state index contributed by atoms with van der Waals surface area (Å²) in [5.41, 5.74) is 12.1. The molecule has 6 rings (SSSR count). The van der Waals surface area contributed by atoms with Crippen molar-refractivity contribution in [3.05, 3.63) is 149 Å². The van der Waals surface area contributed by atoms with E-state index in [2.05, 4.69) is 122 Å². The molecule has 2 aliphatic carbocycles. The van der Waals surface area contributed by atoms with Gasteiger partial charge in [-0.2, -0.15) is 0 Å². The first-order valence-electron chi connectivity index (χ1n) is 11.5. The molecule has 0 radical (unpaired) electrons. The maximum absolute atomic E-state index is 2.42. The van der Waals surface area contributed by atoms with E-state index in [1.54, 1.807) is 0 Å². The molecule has 0 unspecified atom stereocenters. The zero-order chi connectivity index (χ0) is 21.5. The Labute approximate surface area is 190 Å². The zero-order valence-corrected chi connectivity index (χ0v) is 18.4. The minimum Gasteiger partial charge on any atom is -0.0836 e. The average Bonchev–Trinajstić information content (AvgIpc) is 3.16. The first-order chi connectivity index (χ1) is 15.8. The molecule has 0 amide bonds. The molecule has 4 aromatic carbocycles. The van der Waals surface area contributed by atoms with Crippen molar-refractivity contribution in [3.8, 4) is 11.1 Å². The van der Waals surface area contributed by atoms with E-state index in [9.17, 15) is 0 Å². The van der Waals surface area contributed by atoms with Crippen LogP contribution in [0.2, 0.25) is 0 Å². The standard InChI is InChI=1S/C32H26/c1-23-11-10-12-24(21-23)25-19-20-31-29(22-25)28-17-8-9-18-30(28)32(31,26-13-4-2-5-14-26)27-15-6-3-7-16-27/h2-8,10-17,19-22H,9,18H2,1H3. The molecule has 0 N–H and O–H groups in total. The van der Waals surface area contributed by atoms with Crippen molar-refractivity contribution < 1.29 is 0 Å². The Balaban J connectivity index is 1.68. The molecule has 0 heterocycles. The fourth-order valence-corrected chi connectivity index (χ4v) is 5.77. The minimum atomic E-state index is -0.233. The molecular weight excluding hydrogens is 384 g/mol. The van der Waals surface area contributed by atoms with Gasteiger partial charge in [0.2, 0.25) is 0 Å². The van der Waals surface area contributed by atoms with Crippen LogP contribution < -0.4 is 0 Å². The molecule has 0 spiro atoms. The number of hydrogen-bond acceptors (Lipinski definition) is 0. The zero-order valence-electron chi connectivity index (χ0n) is 18.4. The van der Waals surface area contributed by atoms with Crippen molar-refractivity contribution in [3.63, 3.8) is 0 Å². The Bertz CT molecular complexity index is 1310. The van der Waals surface area contributed by atoms with Crippen molar-refractivity contribution >= 4 is 5.57 Å². The molecule has 0 bridgehead atoms. The van der Waals surface area contributed by atoms with Gasteiger partial charge in [0.05, 0.1) is 5.41 Å². The SMILES string of the molecule is Cc1cccc(-c2ccc3c(c2)C2=C(CCC=C2)C3(c2ccccc2)c2ccccc2)c1. The van der Waals surface area contributed by atoms with Crippen molar-refractivity contribution in [1.82, 2.24) is 0 Å². The van der Waals surface area contributed by atoms with Crippen LogP contribution >= 0.6 is 0 Å². The second kappa shape index (κ2) is 7.50. The summed E-state index contributed by atoms with van der Waals surface area (Å²) in [7, 11) is 0. The molecule has 0 saturated carbocycles. The Kier molecular flexibility index (Phi) is 4.47. The van der Waals surface area contributed by atoms with Crippen LogP contribution in [-0.2, 0) is 5.41 Å². The van der Waals surface area contributed by atoms with Crippen LogP contribution in [0.15, 0.2) is 121 Å². The molecule has 0 fully saturated rings. The van der Waals surface area contributed by atoms with Crippen molar-refractivity contribution in [2.45, 2.75) is 25.2 Å². The Morgan fingerprint density at radius 3 is 2.03 bits per heavy atom. The molecule has 0 aliphatic heterocycles. The minimum absolute atomic E-state index is 0.233. The highest BCUT2D eigenvalue weighted by atomic mass is 14.5. The van der Waals surface area contributed by atoms with Crippen molar-refractivity contribution in [2.75, 3.05) is 0 Å². The molecule has 154 valence electrons. The summed E-state index contributed by atoms with van der Waals surface area (Å²) in [5.74, 6) is 0. The summed E-state index contributed by atoms with van der Waals surface area (Å²) in [5, 5.41) is 0. The molecule has 0 nitrogen and oxygen atoms in total. The third-order valence-corrected chi connectivity index (χ3v) is 7.10. The smallest absolute Gasteiger partial charge is 0.0676 e. The lowest BCUT2D eigenvalue weighted by molar-refractivity contribution is 0.696. The van der Waals surface area contributed by atoms with Gasteiger partial charge in [-0.15, -0.1) is 0 Å². The van der Waals surface area contributed by atoms with Crippen LogP contribution in [0.4, 0.5) is 0 Å². The largest absolute Gasteiger partial charge is 0.0836 e. The molecule has 32 heavy (non-hydrogen) atoms. The van der Waals surface area contributed by atoms with Gasteiger partial charge < -0.3 is 0 Å². The van der Waals surface area contributed by atoms with Crippen LogP contribution in [0.1, 0.15) is 40.7 Å². The van der Waals surface area contributed by atoms with Gasteiger partial charge in [0.15, 0.2) is 0 Å².